The second kappa shape index (κ2) is 5.70. The molecule has 2 N–H and O–H groups in total. The molecular weight excluding hydrogens is 245 g/mol. The number of carbonyl (C=O) groups excluding carboxylic acids is 1. The van der Waals surface area contributed by atoms with Gasteiger partial charge in [0.15, 0.2) is 0 Å². The number of aliphatic hydroxyl groups excluding tert-OH is 1. The number of aliphatic hydroxyl groups is 1. The van der Waals surface area contributed by atoms with Gasteiger partial charge in [-0.25, -0.2) is 4.39 Å². The minimum Gasteiger partial charge on any atom is -0.391 e. The maximum Gasteiger partial charge on any atom is 0.251 e. The number of aryl methyl sites for hydroxylation is 2. The van der Waals surface area contributed by atoms with Gasteiger partial charge in [-0.15, -0.1) is 0 Å². The molecule has 0 bridgehead atoms. The van der Waals surface area contributed by atoms with E-state index in [4.69, 9.17) is 0 Å². The number of nitrogens with one attached hydrogen (secondary N) is 1. The molecule has 3 nitrogen and oxygen atoms in total. The molecule has 0 heterocycles. The van der Waals surface area contributed by atoms with Crippen molar-refractivity contribution in [2.45, 2.75) is 40.7 Å². The van der Waals surface area contributed by atoms with Gasteiger partial charge in [0, 0.05) is 12.1 Å². The standard InChI is InChI=1S/C15H22FNO2/c1-9-6-11(7-10(2)13(9)16)14(19)17-8-12(18)15(3,4)5/h6-7,12,18H,8H2,1-5H3,(H,17,19). The van der Waals surface area contributed by atoms with Gasteiger partial charge in [-0.3, -0.25) is 4.79 Å². The molecule has 0 fully saturated rings. The van der Waals surface area contributed by atoms with Crippen molar-refractivity contribution in [2.24, 2.45) is 5.41 Å². The molecule has 1 aromatic rings. The quantitative estimate of drug-likeness (QED) is 0.884. The van der Waals surface area contributed by atoms with Crippen LogP contribution < -0.4 is 5.32 Å². The summed E-state index contributed by atoms with van der Waals surface area (Å²) in [6.45, 7) is 9.13. The van der Waals surface area contributed by atoms with E-state index < -0.39 is 6.10 Å². The molecular formula is C15H22FNO2. The smallest absolute Gasteiger partial charge is 0.251 e. The Kier molecular flexibility index (Phi) is 4.69. The number of hydrogen-bond acceptors (Lipinski definition) is 2. The predicted octanol–water partition coefficient (Wildman–Crippen LogP) is 2.58. The molecule has 1 unspecified atom stereocenters. The summed E-state index contributed by atoms with van der Waals surface area (Å²) in [5.41, 5.74) is 1.02. The maximum absolute atomic E-state index is 13.5. The van der Waals surface area contributed by atoms with E-state index >= 15 is 0 Å². The third kappa shape index (κ3) is 4.03. The summed E-state index contributed by atoms with van der Waals surface area (Å²) in [7, 11) is 0. The average Bonchev–Trinajstić information content (AvgIpc) is 2.30. The van der Waals surface area contributed by atoms with Gasteiger partial charge in [-0.1, -0.05) is 20.8 Å². The fourth-order valence-electron chi connectivity index (χ4n) is 1.67. The number of amides is 1. The zero-order valence-corrected chi connectivity index (χ0v) is 12.2. The summed E-state index contributed by atoms with van der Waals surface area (Å²) < 4.78 is 13.5. The largest absolute Gasteiger partial charge is 0.391 e. The highest BCUT2D eigenvalue weighted by atomic mass is 19.1. The predicted molar refractivity (Wildman–Crippen MR) is 73.7 cm³/mol. The van der Waals surface area contributed by atoms with Crippen molar-refractivity contribution in [3.05, 3.63) is 34.6 Å². The van der Waals surface area contributed by atoms with Crippen LogP contribution in [0, 0.1) is 25.1 Å². The maximum atomic E-state index is 13.5. The SMILES string of the molecule is Cc1cc(C(=O)NCC(O)C(C)(C)C)cc(C)c1F. The molecule has 1 aromatic carbocycles. The Balaban J connectivity index is 2.75. The van der Waals surface area contributed by atoms with Crippen molar-refractivity contribution in [2.75, 3.05) is 6.54 Å². The molecule has 0 saturated carbocycles. The second-order valence-electron chi connectivity index (χ2n) is 6.02. The molecule has 1 amide bonds. The summed E-state index contributed by atoms with van der Waals surface area (Å²) in [4.78, 5) is 11.9. The highest BCUT2D eigenvalue weighted by molar-refractivity contribution is 5.94. The molecule has 106 valence electrons. The number of hydrogen-bond donors (Lipinski definition) is 2. The molecule has 1 rings (SSSR count). The number of halogens is 1. The molecule has 0 saturated heterocycles. The lowest BCUT2D eigenvalue weighted by atomic mass is 9.89. The van der Waals surface area contributed by atoms with E-state index in [2.05, 4.69) is 5.32 Å². The fraction of sp³-hybridized carbons (Fsp3) is 0.533. The van der Waals surface area contributed by atoms with Crippen LogP contribution in [0.15, 0.2) is 12.1 Å². The van der Waals surface area contributed by atoms with Crippen LogP contribution >= 0.6 is 0 Å². The highest BCUT2D eigenvalue weighted by Gasteiger charge is 2.22. The van der Waals surface area contributed by atoms with Crippen LogP contribution in [0.4, 0.5) is 4.39 Å². The molecule has 4 heteroatoms. The van der Waals surface area contributed by atoms with E-state index in [9.17, 15) is 14.3 Å². The first kappa shape index (κ1) is 15.6. The van der Waals surface area contributed by atoms with E-state index in [1.165, 1.54) is 12.1 Å². The summed E-state index contributed by atoms with van der Waals surface area (Å²) in [6.07, 6.45) is -0.626. The lowest BCUT2D eigenvalue weighted by molar-refractivity contribution is 0.0587. The molecule has 1 atom stereocenters. The van der Waals surface area contributed by atoms with Gasteiger partial charge in [-0.05, 0) is 42.5 Å². The Morgan fingerprint density at radius 2 is 1.79 bits per heavy atom. The molecule has 0 spiro atoms. The lowest BCUT2D eigenvalue weighted by Crippen LogP contribution is -2.39. The Labute approximate surface area is 113 Å². The van der Waals surface area contributed by atoms with E-state index in [0.29, 0.717) is 16.7 Å². The number of carbonyl (C=O) groups is 1. The Morgan fingerprint density at radius 3 is 2.21 bits per heavy atom. The molecule has 0 aliphatic carbocycles. The van der Waals surface area contributed by atoms with E-state index in [-0.39, 0.29) is 23.7 Å². The van der Waals surface area contributed by atoms with Crippen LogP contribution in [-0.4, -0.2) is 23.7 Å². The van der Waals surface area contributed by atoms with Gasteiger partial charge >= 0.3 is 0 Å². The Hall–Kier alpha value is -1.42. The normalized spacial score (nSPS) is 13.2. The first-order valence-electron chi connectivity index (χ1n) is 6.36. The molecule has 0 radical (unpaired) electrons. The van der Waals surface area contributed by atoms with Crippen LogP contribution in [-0.2, 0) is 0 Å². The highest BCUT2D eigenvalue weighted by Crippen LogP contribution is 2.18. The van der Waals surface area contributed by atoms with Crippen molar-refractivity contribution in [1.82, 2.24) is 5.32 Å². The Morgan fingerprint density at radius 1 is 1.32 bits per heavy atom. The van der Waals surface area contributed by atoms with Crippen molar-refractivity contribution >= 4 is 5.91 Å². The van der Waals surface area contributed by atoms with Gasteiger partial charge in [-0.2, -0.15) is 0 Å². The first-order valence-corrected chi connectivity index (χ1v) is 6.36. The zero-order chi connectivity index (χ0) is 14.8. The molecule has 0 aliphatic heterocycles. The number of rotatable bonds is 3. The summed E-state index contributed by atoms with van der Waals surface area (Å²) in [5.74, 6) is -0.583. The van der Waals surface area contributed by atoms with Crippen LogP contribution in [0.2, 0.25) is 0 Å². The minimum atomic E-state index is -0.626. The zero-order valence-electron chi connectivity index (χ0n) is 12.2. The molecule has 0 aliphatic rings. The van der Waals surface area contributed by atoms with Crippen LogP contribution in [0.1, 0.15) is 42.3 Å². The van der Waals surface area contributed by atoms with Crippen molar-refractivity contribution < 1.29 is 14.3 Å². The van der Waals surface area contributed by atoms with Gasteiger partial charge in [0.05, 0.1) is 6.10 Å². The van der Waals surface area contributed by atoms with Crippen molar-refractivity contribution in [3.8, 4) is 0 Å². The monoisotopic (exact) mass is 267 g/mol. The van der Waals surface area contributed by atoms with E-state index in [1.807, 2.05) is 20.8 Å². The van der Waals surface area contributed by atoms with Crippen molar-refractivity contribution in [3.63, 3.8) is 0 Å². The van der Waals surface area contributed by atoms with Gasteiger partial charge < -0.3 is 10.4 Å². The minimum absolute atomic E-state index is 0.178. The van der Waals surface area contributed by atoms with Crippen LogP contribution in [0.3, 0.4) is 0 Å². The van der Waals surface area contributed by atoms with Gasteiger partial charge in [0.1, 0.15) is 5.82 Å². The van der Waals surface area contributed by atoms with Crippen LogP contribution in [0.5, 0.6) is 0 Å². The Bertz CT molecular complexity index is 455. The van der Waals surface area contributed by atoms with Crippen LogP contribution in [0.25, 0.3) is 0 Å². The van der Waals surface area contributed by atoms with Crippen molar-refractivity contribution in [1.29, 1.82) is 0 Å². The summed E-state index contributed by atoms with van der Waals surface area (Å²) >= 11 is 0. The topological polar surface area (TPSA) is 49.3 Å². The van der Waals surface area contributed by atoms with E-state index in [0.717, 1.165) is 0 Å². The second-order valence-corrected chi connectivity index (χ2v) is 6.02. The lowest BCUT2D eigenvalue weighted by Gasteiger charge is -2.25. The van der Waals surface area contributed by atoms with E-state index in [1.54, 1.807) is 13.8 Å². The average molecular weight is 267 g/mol. The van der Waals surface area contributed by atoms with Gasteiger partial charge in [0.2, 0.25) is 0 Å². The fourth-order valence-corrected chi connectivity index (χ4v) is 1.67. The molecule has 0 aromatic heterocycles. The van der Waals surface area contributed by atoms with Gasteiger partial charge in [0.25, 0.3) is 5.91 Å². The summed E-state index contributed by atoms with van der Waals surface area (Å²) in [6, 6.07) is 3.03. The first-order chi connectivity index (χ1) is 8.62. The summed E-state index contributed by atoms with van der Waals surface area (Å²) in [5, 5.41) is 12.5. The third-order valence-corrected chi connectivity index (χ3v) is 3.15. The number of benzene rings is 1. The third-order valence-electron chi connectivity index (χ3n) is 3.15. The molecule has 19 heavy (non-hydrogen) atoms.